The number of anilines is 2. The van der Waals surface area contributed by atoms with Gasteiger partial charge in [-0.05, 0) is 23.8 Å². The zero-order valence-electron chi connectivity index (χ0n) is 10.6. The van der Waals surface area contributed by atoms with E-state index in [1.807, 2.05) is 18.2 Å². The van der Waals surface area contributed by atoms with Crippen molar-refractivity contribution < 1.29 is 9.59 Å². The van der Waals surface area contributed by atoms with Gasteiger partial charge in [0, 0.05) is 38.4 Å². The van der Waals surface area contributed by atoms with Crippen LogP contribution in [0.3, 0.4) is 0 Å². The van der Waals surface area contributed by atoms with Crippen molar-refractivity contribution in [1.29, 1.82) is 0 Å². The van der Waals surface area contributed by atoms with Crippen LogP contribution < -0.4 is 15.5 Å². The highest BCUT2D eigenvalue weighted by molar-refractivity contribution is 6.02. The molecule has 0 aromatic heterocycles. The third-order valence-corrected chi connectivity index (χ3v) is 3.26. The summed E-state index contributed by atoms with van der Waals surface area (Å²) < 4.78 is 0. The lowest BCUT2D eigenvalue weighted by Gasteiger charge is -2.18. The van der Waals surface area contributed by atoms with Crippen LogP contribution in [0.2, 0.25) is 0 Å². The molecular weight excluding hydrogens is 230 g/mol. The minimum absolute atomic E-state index is 0.0184. The summed E-state index contributed by atoms with van der Waals surface area (Å²) in [6, 6.07) is 5.62. The van der Waals surface area contributed by atoms with E-state index in [1.54, 1.807) is 23.9 Å². The Morgan fingerprint density at radius 2 is 2.22 bits per heavy atom. The summed E-state index contributed by atoms with van der Waals surface area (Å²) in [6.07, 6.45) is 0.727. The van der Waals surface area contributed by atoms with Gasteiger partial charge in [0.2, 0.25) is 11.8 Å². The topological polar surface area (TPSA) is 66.6 Å². The molecule has 0 unspecified atom stereocenters. The lowest BCUT2D eigenvalue weighted by atomic mass is 10.1. The second-order valence-electron chi connectivity index (χ2n) is 4.43. The number of rotatable bonds is 3. The van der Waals surface area contributed by atoms with Gasteiger partial charge in [0.15, 0.2) is 0 Å². The van der Waals surface area contributed by atoms with Gasteiger partial charge in [-0.2, -0.15) is 0 Å². The first kappa shape index (κ1) is 12.6. The molecule has 96 valence electrons. The molecule has 1 aromatic carbocycles. The number of benzene rings is 1. The number of hydrogen-bond donors (Lipinski definition) is 1. The molecule has 0 radical (unpaired) electrons. The van der Waals surface area contributed by atoms with Crippen LogP contribution in [0.15, 0.2) is 18.2 Å². The maximum Gasteiger partial charge on any atom is 0.231 e. The van der Waals surface area contributed by atoms with Crippen LogP contribution in [0.4, 0.5) is 11.4 Å². The van der Waals surface area contributed by atoms with Gasteiger partial charge in [-0.25, -0.2) is 0 Å². The number of carbonyl (C=O) groups excluding carboxylic acids is 2. The zero-order chi connectivity index (χ0) is 13.3. The standard InChI is InChI=1S/C13H17N3O2/c1-15(12(17)5-6-14)10-3-4-11-9(7-10)8-13(18)16(11)2/h3-4,7H,5-6,8,14H2,1-2H3. The summed E-state index contributed by atoms with van der Waals surface area (Å²) in [6.45, 7) is 0.343. The maximum absolute atomic E-state index is 11.7. The van der Waals surface area contributed by atoms with Gasteiger partial charge in [0.1, 0.15) is 0 Å². The van der Waals surface area contributed by atoms with Crippen molar-refractivity contribution in [3.63, 3.8) is 0 Å². The monoisotopic (exact) mass is 247 g/mol. The molecule has 0 bridgehead atoms. The first-order valence-corrected chi connectivity index (χ1v) is 5.90. The molecular formula is C13H17N3O2. The minimum atomic E-state index is -0.0184. The quantitative estimate of drug-likeness (QED) is 0.846. The summed E-state index contributed by atoms with van der Waals surface area (Å²) in [5.74, 6) is 0.0632. The van der Waals surface area contributed by atoms with Gasteiger partial charge in [-0.3, -0.25) is 9.59 Å². The Morgan fingerprint density at radius 3 is 2.89 bits per heavy atom. The SMILES string of the molecule is CN(C(=O)CCN)c1ccc2c(c1)CC(=O)N2C. The highest BCUT2D eigenvalue weighted by Crippen LogP contribution is 2.31. The van der Waals surface area contributed by atoms with Crippen molar-refractivity contribution >= 4 is 23.2 Å². The fourth-order valence-electron chi connectivity index (χ4n) is 2.10. The number of likely N-dealkylation sites (N-methyl/N-ethyl adjacent to an activating group) is 1. The van der Waals surface area contributed by atoms with Gasteiger partial charge in [0.05, 0.1) is 6.42 Å². The molecule has 1 heterocycles. The smallest absolute Gasteiger partial charge is 0.231 e. The maximum atomic E-state index is 11.7. The molecule has 1 aliphatic heterocycles. The van der Waals surface area contributed by atoms with Crippen LogP contribution in [0.25, 0.3) is 0 Å². The van der Waals surface area contributed by atoms with Gasteiger partial charge in [-0.15, -0.1) is 0 Å². The van der Waals surface area contributed by atoms with E-state index >= 15 is 0 Å². The van der Waals surface area contributed by atoms with E-state index in [-0.39, 0.29) is 11.8 Å². The predicted octanol–water partition coefficient (Wildman–Crippen LogP) is 0.517. The first-order valence-electron chi connectivity index (χ1n) is 5.90. The third-order valence-electron chi connectivity index (χ3n) is 3.26. The molecule has 0 atom stereocenters. The molecule has 18 heavy (non-hydrogen) atoms. The van der Waals surface area contributed by atoms with Gasteiger partial charge < -0.3 is 15.5 Å². The lowest BCUT2D eigenvalue weighted by Crippen LogP contribution is -2.28. The van der Waals surface area contributed by atoms with E-state index in [0.717, 1.165) is 16.9 Å². The fraction of sp³-hybridized carbons (Fsp3) is 0.385. The van der Waals surface area contributed by atoms with E-state index in [2.05, 4.69) is 0 Å². The number of hydrogen-bond acceptors (Lipinski definition) is 3. The molecule has 0 saturated carbocycles. The van der Waals surface area contributed by atoms with Crippen molar-refractivity contribution in [3.8, 4) is 0 Å². The Hall–Kier alpha value is -1.88. The van der Waals surface area contributed by atoms with E-state index in [9.17, 15) is 9.59 Å². The highest BCUT2D eigenvalue weighted by Gasteiger charge is 2.24. The summed E-state index contributed by atoms with van der Waals surface area (Å²) >= 11 is 0. The molecule has 1 aromatic rings. The van der Waals surface area contributed by atoms with E-state index < -0.39 is 0 Å². The number of nitrogens with two attached hydrogens (primary N) is 1. The lowest BCUT2D eigenvalue weighted by molar-refractivity contribution is -0.118. The summed E-state index contributed by atoms with van der Waals surface area (Å²) in [5, 5.41) is 0. The average molecular weight is 247 g/mol. The molecule has 5 heteroatoms. The predicted molar refractivity (Wildman–Crippen MR) is 70.6 cm³/mol. The highest BCUT2D eigenvalue weighted by atomic mass is 16.2. The van der Waals surface area contributed by atoms with Gasteiger partial charge in [0.25, 0.3) is 0 Å². The zero-order valence-corrected chi connectivity index (χ0v) is 10.6. The Kier molecular flexibility index (Phi) is 3.34. The Balaban J connectivity index is 2.25. The average Bonchev–Trinajstić information content (AvgIpc) is 2.64. The molecule has 2 rings (SSSR count). The van der Waals surface area contributed by atoms with Crippen molar-refractivity contribution in [3.05, 3.63) is 23.8 Å². The van der Waals surface area contributed by atoms with Crippen molar-refractivity contribution in [2.75, 3.05) is 30.4 Å². The van der Waals surface area contributed by atoms with Crippen molar-refractivity contribution in [2.45, 2.75) is 12.8 Å². The van der Waals surface area contributed by atoms with E-state index in [0.29, 0.717) is 19.4 Å². The van der Waals surface area contributed by atoms with Crippen LogP contribution in [0.1, 0.15) is 12.0 Å². The Morgan fingerprint density at radius 1 is 1.50 bits per heavy atom. The summed E-state index contributed by atoms with van der Waals surface area (Å²) in [7, 11) is 3.48. The second-order valence-corrected chi connectivity index (χ2v) is 4.43. The van der Waals surface area contributed by atoms with Gasteiger partial charge in [-0.1, -0.05) is 0 Å². The summed E-state index contributed by atoms with van der Waals surface area (Å²) in [5.41, 5.74) is 8.06. The molecule has 0 saturated heterocycles. The van der Waals surface area contributed by atoms with E-state index in [4.69, 9.17) is 5.73 Å². The molecule has 5 nitrogen and oxygen atoms in total. The Labute approximate surface area is 106 Å². The fourth-order valence-corrected chi connectivity index (χ4v) is 2.10. The largest absolute Gasteiger partial charge is 0.330 e. The van der Waals surface area contributed by atoms with E-state index in [1.165, 1.54) is 0 Å². The molecule has 1 aliphatic rings. The van der Waals surface area contributed by atoms with Crippen LogP contribution in [0, 0.1) is 0 Å². The van der Waals surface area contributed by atoms with Crippen molar-refractivity contribution in [1.82, 2.24) is 0 Å². The molecule has 2 N–H and O–H groups in total. The number of fused-ring (bicyclic) bond motifs is 1. The molecule has 0 fully saturated rings. The second kappa shape index (κ2) is 4.78. The molecule has 2 amide bonds. The number of carbonyl (C=O) groups is 2. The van der Waals surface area contributed by atoms with Crippen LogP contribution in [0.5, 0.6) is 0 Å². The first-order chi connectivity index (χ1) is 8.54. The van der Waals surface area contributed by atoms with Crippen LogP contribution in [-0.4, -0.2) is 32.5 Å². The molecule has 0 aliphatic carbocycles. The van der Waals surface area contributed by atoms with Crippen LogP contribution >= 0.6 is 0 Å². The third kappa shape index (κ3) is 2.09. The Bertz CT molecular complexity index is 499. The molecule has 0 spiro atoms. The summed E-state index contributed by atoms with van der Waals surface area (Å²) in [4.78, 5) is 26.5. The van der Waals surface area contributed by atoms with Crippen LogP contribution in [-0.2, 0) is 16.0 Å². The number of nitrogens with zero attached hydrogens (tertiary/aromatic N) is 2. The normalized spacial score (nSPS) is 13.7. The minimum Gasteiger partial charge on any atom is -0.330 e. The van der Waals surface area contributed by atoms with Crippen molar-refractivity contribution in [2.24, 2.45) is 5.73 Å². The number of amides is 2. The van der Waals surface area contributed by atoms with Gasteiger partial charge >= 0.3 is 0 Å².